The number of phosphoric acid groups is 1. The van der Waals surface area contributed by atoms with E-state index < -0.39 is 39.3 Å². The van der Waals surface area contributed by atoms with E-state index in [0.717, 1.165) is 0 Å². The van der Waals surface area contributed by atoms with Gasteiger partial charge in [-0.15, -0.1) is 0 Å². The van der Waals surface area contributed by atoms with Gasteiger partial charge in [-0.2, -0.15) is 0 Å². The number of aliphatic hydroxyl groups excluding tert-OH is 2. The number of carbonyl (C=O) groups excluding carboxylic acids is 1. The number of aliphatic hydroxyl groups is 2. The molecule has 0 unspecified atom stereocenters. The van der Waals surface area contributed by atoms with Crippen LogP contribution in [0.2, 0.25) is 0 Å². The van der Waals surface area contributed by atoms with E-state index in [0.29, 0.717) is 0 Å². The minimum absolute atomic E-state index is 0.728. The molecule has 0 aliphatic carbocycles. The Hall–Kier alpha value is -0.300. The van der Waals surface area contributed by atoms with Gasteiger partial charge >= 0.3 is 7.82 Å². The molecule has 78 valence electrons. The number of phosphoric ester groups is 1. The lowest BCUT2D eigenvalue weighted by Gasteiger charge is -2.15. The lowest BCUT2D eigenvalue weighted by Crippen LogP contribution is -2.35. The third-order valence-electron chi connectivity index (χ3n) is 1.11. The molecule has 0 saturated carbocycles. The number of Topliss-reactive ketones (excluding diaryl/α,β-unsaturated/α-hetero) is 1. The molecule has 0 saturated heterocycles. The highest BCUT2D eigenvalue weighted by Gasteiger charge is 2.24. The molecule has 8 heteroatoms. The van der Waals surface area contributed by atoms with E-state index >= 15 is 0 Å². The van der Waals surface area contributed by atoms with Crippen molar-refractivity contribution < 1.29 is 35.3 Å². The van der Waals surface area contributed by atoms with E-state index in [9.17, 15) is 9.36 Å². The summed E-state index contributed by atoms with van der Waals surface area (Å²) < 4.78 is 20.6. The van der Waals surface area contributed by atoms with Crippen molar-refractivity contribution in [2.45, 2.75) is 19.1 Å². The summed E-state index contributed by atoms with van der Waals surface area (Å²) in [4.78, 5) is 27.1. The summed E-state index contributed by atoms with van der Waals surface area (Å²) in [6.07, 6.45) is -3.61. The third kappa shape index (κ3) is 5.87. The van der Waals surface area contributed by atoms with Gasteiger partial charge in [-0.1, -0.05) is 0 Å². The van der Waals surface area contributed by atoms with Crippen molar-refractivity contribution in [2.24, 2.45) is 0 Å². The zero-order valence-corrected chi connectivity index (χ0v) is 7.42. The minimum Gasteiger partial charge on any atom is -0.388 e. The summed E-state index contributed by atoms with van der Waals surface area (Å²) in [5.41, 5.74) is 0. The highest BCUT2D eigenvalue weighted by molar-refractivity contribution is 7.46. The molecule has 0 aliphatic heterocycles. The Morgan fingerprint density at radius 2 is 2.15 bits per heavy atom. The first-order chi connectivity index (χ1) is 6.28. The Morgan fingerprint density at radius 3 is 2.54 bits per heavy atom. The zero-order chi connectivity index (χ0) is 11.4. The average molecular weight is 216 g/mol. The summed E-state index contributed by atoms with van der Waals surface area (Å²) in [6.45, 7) is -1.61. The second kappa shape index (κ2) is 4.80. The molecule has 4 N–H and O–H groups in total. The van der Waals surface area contributed by atoms with Crippen LogP contribution in [-0.4, -0.2) is 44.6 Å². The van der Waals surface area contributed by atoms with Crippen molar-refractivity contribution in [3.8, 4) is 0 Å². The monoisotopic (exact) mass is 216 g/mol. The number of rotatable bonds is 5. The Labute approximate surface area is 75.6 Å². The fourth-order valence-corrected chi connectivity index (χ4v) is 0.826. The molecule has 0 radical (unpaired) electrons. The molecule has 0 fully saturated rings. The lowest BCUT2D eigenvalue weighted by molar-refractivity contribution is -0.132. The lowest BCUT2D eigenvalue weighted by atomic mass is 10.1. The second-order valence-corrected chi connectivity index (χ2v) is 3.50. The smallest absolute Gasteiger partial charge is 0.388 e. The predicted molar refractivity (Wildman–Crippen MR) is 40.7 cm³/mol. The van der Waals surface area contributed by atoms with E-state index in [1.807, 2.05) is 0 Å². The van der Waals surface area contributed by atoms with E-state index in [-0.39, 0.29) is 0 Å². The Balaban J connectivity index is 4.02. The molecule has 2 atom stereocenters. The van der Waals surface area contributed by atoms with Crippen molar-refractivity contribution in [1.29, 1.82) is 0 Å². The molecule has 0 bridgehead atoms. The Bertz CT molecular complexity index is 238. The molecular weight excluding hydrogens is 203 g/mol. The van der Waals surface area contributed by atoms with Crippen molar-refractivity contribution in [1.82, 2.24) is 0 Å². The van der Waals surface area contributed by atoms with Gasteiger partial charge in [0.25, 0.3) is 0 Å². The Morgan fingerprint density at radius 1 is 1.62 bits per heavy atom. The van der Waals surface area contributed by atoms with Crippen LogP contribution in [0.4, 0.5) is 0 Å². The predicted octanol–water partition coefficient (Wildman–Crippen LogP) is -1.59. The maximum Gasteiger partial charge on any atom is 0.469 e. The molecule has 7 nitrogen and oxygen atoms in total. The fraction of sp³-hybridized carbons (Fsp3) is 0.800. The average Bonchev–Trinajstić information content (AvgIpc) is 2.10. The van der Waals surface area contributed by atoms with Crippen molar-refractivity contribution >= 4 is 13.6 Å². The molecule has 13 heavy (non-hydrogen) atoms. The molecule has 0 amide bonds. The number of hydrogen-bond acceptors (Lipinski definition) is 5. The van der Waals surface area contributed by atoms with Crippen LogP contribution in [0.25, 0.3) is 0 Å². The number of hydrogen-bond donors (Lipinski definition) is 4. The van der Waals surface area contributed by atoms with E-state index in [1.165, 1.54) is 0 Å². The first-order valence-electron chi connectivity index (χ1n) is 3.87. The molecule has 0 aromatic rings. The van der Waals surface area contributed by atoms with Crippen molar-refractivity contribution in [3.63, 3.8) is 0 Å². The topological polar surface area (TPSA) is 124 Å². The molecule has 0 heterocycles. The molecule has 0 spiro atoms. The van der Waals surface area contributed by atoms with Gasteiger partial charge in [0.2, 0.25) is 0 Å². The van der Waals surface area contributed by atoms with E-state index in [2.05, 4.69) is 4.52 Å². The number of ketones is 1. The molecule has 0 aromatic carbocycles. The van der Waals surface area contributed by atoms with Gasteiger partial charge in [-0.05, 0) is 6.90 Å². The summed E-state index contributed by atoms with van der Waals surface area (Å²) in [7, 11) is -4.73. The first-order valence-corrected chi connectivity index (χ1v) is 4.69. The minimum atomic E-state index is -4.73. The largest absolute Gasteiger partial charge is 0.469 e. The maximum atomic E-state index is 10.6. The van der Waals surface area contributed by atoms with Crippen LogP contribution in [0.15, 0.2) is 0 Å². The van der Waals surface area contributed by atoms with Crippen molar-refractivity contribution in [2.75, 3.05) is 6.61 Å². The summed E-state index contributed by atoms with van der Waals surface area (Å²) >= 11 is 0. The fourth-order valence-electron chi connectivity index (χ4n) is 0.479. The molecule has 0 aromatic heterocycles. The van der Waals surface area contributed by atoms with Gasteiger partial charge < -0.3 is 20.0 Å². The second-order valence-electron chi connectivity index (χ2n) is 2.26. The zero-order valence-electron chi connectivity index (χ0n) is 7.53. The summed E-state index contributed by atoms with van der Waals surface area (Å²) in [5.74, 6) is -0.952. The Kier molecular flexibility index (Phi) is 3.98. The van der Waals surface area contributed by atoms with Gasteiger partial charge in [0, 0.05) is 1.37 Å². The maximum absolute atomic E-state index is 10.6. The van der Waals surface area contributed by atoms with Crippen LogP contribution in [0, 0.1) is 0 Å². The van der Waals surface area contributed by atoms with Crippen molar-refractivity contribution in [3.05, 3.63) is 0 Å². The third-order valence-corrected chi connectivity index (χ3v) is 1.59. The number of carbonyl (C=O) groups is 1. The van der Waals surface area contributed by atoms with Gasteiger partial charge in [-0.25, -0.2) is 4.57 Å². The van der Waals surface area contributed by atoms with Crippen LogP contribution in [0.3, 0.4) is 0 Å². The van der Waals surface area contributed by atoms with Crippen LogP contribution in [0.1, 0.15) is 8.27 Å². The molecular formula is C5H11O7P. The molecule has 0 rings (SSSR count). The van der Waals surface area contributed by atoms with Gasteiger partial charge in [0.15, 0.2) is 5.78 Å². The normalized spacial score (nSPS) is 17.7. The summed E-state index contributed by atoms with van der Waals surface area (Å²) in [5, 5.41) is 17.9. The van der Waals surface area contributed by atoms with Gasteiger partial charge in [-0.3, -0.25) is 9.32 Å². The van der Waals surface area contributed by atoms with E-state index in [4.69, 9.17) is 21.4 Å². The van der Waals surface area contributed by atoms with Crippen LogP contribution < -0.4 is 0 Å². The van der Waals surface area contributed by atoms with Gasteiger partial charge in [0.1, 0.15) is 12.2 Å². The highest BCUT2D eigenvalue weighted by atomic mass is 31.2. The first kappa shape index (κ1) is 10.8. The van der Waals surface area contributed by atoms with Crippen LogP contribution >= 0.6 is 7.82 Å². The van der Waals surface area contributed by atoms with Gasteiger partial charge in [0.05, 0.1) is 6.61 Å². The standard InChI is InChI=1S/C5H11O7P/c1-3(6)5(8)4(7)2-12-13(9,10)11/h4-5,7-8H,2H2,1H3,(H2,9,10,11)/t4-,5-/m1/s1/i1T. The van der Waals surface area contributed by atoms with E-state index in [1.54, 1.807) is 0 Å². The quantitative estimate of drug-likeness (QED) is 0.408. The van der Waals surface area contributed by atoms with Crippen LogP contribution in [-0.2, 0) is 13.9 Å². The van der Waals surface area contributed by atoms with Crippen LogP contribution in [0.5, 0.6) is 0 Å². The SMILES string of the molecule is [3H]CC(=O)[C@@H](O)[C@H](O)COP(=O)(O)O. The highest BCUT2D eigenvalue weighted by Crippen LogP contribution is 2.35. The molecule has 0 aliphatic rings. The summed E-state index contributed by atoms with van der Waals surface area (Å²) in [6, 6.07) is 0.